The average molecular weight is 379 g/mol. The van der Waals surface area contributed by atoms with Gasteiger partial charge in [0.1, 0.15) is 0 Å². The molecule has 0 N–H and O–H groups in total. The number of hydrogen-bond donors (Lipinski definition) is 0. The maximum Gasteiger partial charge on any atom is 0.0862 e. The molecule has 0 spiro atoms. The van der Waals surface area contributed by atoms with E-state index in [4.69, 9.17) is 4.99 Å². The molecule has 29 heavy (non-hydrogen) atoms. The zero-order valence-corrected chi connectivity index (χ0v) is 17.3. The maximum absolute atomic E-state index is 4.79. The molecule has 4 aromatic carbocycles. The molecule has 2 heteroatoms. The van der Waals surface area contributed by atoms with Crippen molar-refractivity contribution in [1.29, 1.82) is 0 Å². The number of hydrogen-bond acceptors (Lipinski definition) is 1. The Bertz CT molecular complexity index is 1160. The van der Waals surface area contributed by atoms with Gasteiger partial charge in [-0.2, -0.15) is 0 Å². The zero-order chi connectivity index (χ0) is 20.0. The molecule has 0 saturated heterocycles. The molecule has 4 aromatic rings. The van der Waals surface area contributed by atoms with Crippen LogP contribution in [0.15, 0.2) is 77.8 Å². The summed E-state index contributed by atoms with van der Waals surface area (Å²) >= 11 is 0. The Kier molecular flexibility index (Phi) is 4.16. The van der Waals surface area contributed by atoms with Gasteiger partial charge in [0.25, 0.3) is 0 Å². The summed E-state index contributed by atoms with van der Waals surface area (Å²) in [4.78, 5) is 7.14. The molecule has 0 bridgehead atoms. The molecule has 144 valence electrons. The third-order valence-corrected chi connectivity index (χ3v) is 5.64. The van der Waals surface area contributed by atoms with Crippen LogP contribution in [0, 0.1) is 0 Å². The van der Waals surface area contributed by atoms with Crippen molar-refractivity contribution in [3.63, 3.8) is 0 Å². The van der Waals surface area contributed by atoms with E-state index in [0.29, 0.717) is 0 Å². The van der Waals surface area contributed by atoms with Crippen LogP contribution in [0.3, 0.4) is 0 Å². The summed E-state index contributed by atoms with van der Waals surface area (Å²) in [6.07, 6.45) is 2.04. The Morgan fingerprint density at radius 2 is 1.17 bits per heavy atom. The molecule has 0 radical (unpaired) electrons. The minimum atomic E-state index is -0.0786. The Morgan fingerprint density at radius 3 is 1.66 bits per heavy atom. The molecule has 0 unspecified atom stereocenters. The lowest BCUT2D eigenvalue weighted by Gasteiger charge is -2.21. The molecular formula is C27H26N2. The first-order valence-electron chi connectivity index (χ1n) is 10.3. The van der Waals surface area contributed by atoms with Gasteiger partial charge in [0.05, 0.1) is 11.9 Å². The van der Waals surface area contributed by atoms with E-state index in [1.807, 2.05) is 6.34 Å². The lowest BCUT2D eigenvalue weighted by molar-refractivity contribution is 0.416. The summed E-state index contributed by atoms with van der Waals surface area (Å²) in [7, 11) is 0. The Morgan fingerprint density at radius 1 is 0.690 bits per heavy atom. The van der Waals surface area contributed by atoms with Crippen LogP contribution in [0.5, 0.6) is 0 Å². The van der Waals surface area contributed by atoms with Crippen LogP contribution in [-0.4, -0.2) is 16.8 Å². The van der Waals surface area contributed by atoms with E-state index in [2.05, 4.69) is 98.5 Å². The van der Waals surface area contributed by atoms with Crippen LogP contribution < -0.4 is 0 Å². The number of benzene rings is 4. The predicted molar refractivity (Wildman–Crippen MR) is 124 cm³/mol. The fourth-order valence-electron chi connectivity index (χ4n) is 4.32. The molecule has 0 atom stereocenters. The van der Waals surface area contributed by atoms with Gasteiger partial charge < -0.3 is 4.90 Å². The third-order valence-electron chi connectivity index (χ3n) is 5.64. The van der Waals surface area contributed by atoms with E-state index in [1.165, 1.54) is 43.8 Å². The van der Waals surface area contributed by atoms with E-state index in [1.54, 1.807) is 0 Å². The highest BCUT2D eigenvalue weighted by molar-refractivity contribution is 6.08. The third kappa shape index (κ3) is 3.29. The summed E-state index contributed by atoms with van der Waals surface area (Å²) in [6.45, 7) is 8.16. The first-order chi connectivity index (χ1) is 14.0. The van der Waals surface area contributed by atoms with Crippen molar-refractivity contribution < 1.29 is 0 Å². The second-order valence-electron chi connectivity index (χ2n) is 8.96. The molecule has 0 aromatic heterocycles. The van der Waals surface area contributed by atoms with Crippen LogP contribution in [0.4, 0.5) is 0 Å². The van der Waals surface area contributed by atoms with E-state index in [-0.39, 0.29) is 5.54 Å². The van der Waals surface area contributed by atoms with E-state index in [9.17, 15) is 0 Å². The molecule has 2 nitrogen and oxygen atoms in total. The molecule has 1 heterocycles. The zero-order valence-electron chi connectivity index (χ0n) is 17.3. The summed E-state index contributed by atoms with van der Waals surface area (Å²) in [5.74, 6) is 0. The van der Waals surface area contributed by atoms with Gasteiger partial charge in [-0.25, -0.2) is 0 Å². The second kappa shape index (κ2) is 6.73. The SMILES string of the molecule is CC(C)(C)N=CN1Cc2ccc3ccccc3c2-c2c(ccc3ccccc23)C1. The van der Waals surface area contributed by atoms with Gasteiger partial charge in [-0.3, -0.25) is 4.99 Å². The summed E-state index contributed by atoms with van der Waals surface area (Å²) in [6, 6.07) is 26.6. The van der Waals surface area contributed by atoms with E-state index in [0.717, 1.165) is 13.1 Å². The fourth-order valence-corrected chi connectivity index (χ4v) is 4.32. The van der Waals surface area contributed by atoms with Gasteiger partial charge in [-0.05, 0) is 64.6 Å². The van der Waals surface area contributed by atoms with Gasteiger partial charge >= 0.3 is 0 Å². The highest BCUT2D eigenvalue weighted by Crippen LogP contribution is 2.41. The van der Waals surface area contributed by atoms with Crippen LogP contribution in [-0.2, 0) is 13.1 Å². The minimum Gasteiger partial charge on any atom is -0.354 e. The summed E-state index contributed by atoms with van der Waals surface area (Å²) in [5.41, 5.74) is 5.39. The Hall–Kier alpha value is -3.13. The fraction of sp³-hybridized carbons (Fsp3) is 0.222. The molecule has 0 saturated carbocycles. The lowest BCUT2D eigenvalue weighted by Crippen LogP contribution is -2.22. The minimum absolute atomic E-state index is 0.0786. The number of rotatable bonds is 1. The second-order valence-corrected chi connectivity index (χ2v) is 8.96. The maximum atomic E-state index is 4.79. The van der Waals surface area contributed by atoms with Gasteiger partial charge in [0.2, 0.25) is 0 Å². The smallest absolute Gasteiger partial charge is 0.0862 e. The highest BCUT2D eigenvalue weighted by atomic mass is 15.2. The van der Waals surface area contributed by atoms with Crippen molar-refractivity contribution in [3.05, 3.63) is 83.9 Å². The highest BCUT2D eigenvalue weighted by Gasteiger charge is 2.22. The molecule has 1 aliphatic heterocycles. The molecular weight excluding hydrogens is 352 g/mol. The lowest BCUT2D eigenvalue weighted by atomic mass is 9.88. The van der Waals surface area contributed by atoms with Crippen molar-refractivity contribution >= 4 is 27.9 Å². The van der Waals surface area contributed by atoms with Crippen molar-refractivity contribution in [2.75, 3.05) is 0 Å². The standard InChI is InChI=1S/C27H26N2/c1-27(2,3)28-18-29-16-21-14-12-19-8-4-6-10-23(19)25(21)26-22(17-29)15-13-20-9-5-7-11-24(20)26/h4-15,18H,16-17H2,1-3H3. The molecule has 0 fully saturated rings. The number of nitrogens with zero attached hydrogens (tertiary/aromatic N) is 2. The number of fused-ring (bicyclic) bond motifs is 7. The molecule has 0 aliphatic carbocycles. The molecule has 0 amide bonds. The molecule has 5 rings (SSSR count). The van der Waals surface area contributed by atoms with Crippen molar-refractivity contribution in [1.82, 2.24) is 4.90 Å². The average Bonchev–Trinajstić information content (AvgIpc) is 2.88. The normalized spacial score (nSPS) is 14.2. The first kappa shape index (κ1) is 17.9. The largest absolute Gasteiger partial charge is 0.354 e. The van der Waals surface area contributed by atoms with Gasteiger partial charge in [0.15, 0.2) is 0 Å². The molecule has 1 aliphatic rings. The number of aliphatic imine (C=N–C) groups is 1. The van der Waals surface area contributed by atoms with Crippen LogP contribution in [0.25, 0.3) is 32.7 Å². The Balaban J connectivity index is 1.82. The van der Waals surface area contributed by atoms with Crippen molar-refractivity contribution in [3.8, 4) is 11.1 Å². The summed E-state index contributed by atoms with van der Waals surface area (Å²) in [5, 5.41) is 5.25. The van der Waals surface area contributed by atoms with Crippen molar-refractivity contribution in [2.45, 2.75) is 39.4 Å². The van der Waals surface area contributed by atoms with Crippen LogP contribution >= 0.6 is 0 Å². The van der Waals surface area contributed by atoms with Gasteiger partial charge in [-0.15, -0.1) is 0 Å². The van der Waals surface area contributed by atoms with Crippen LogP contribution in [0.2, 0.25) is 0 Å². The van der Waals surface area contributed by atoms with Gasteiger partial charge in [0, 0.05) is 13.1 Å². The van der Waals surface area contributed by atoms with E-state index >= 15 is 0 Å². The van der Waals surface area contributed by atoms with Crippen molar-refractivity contribution in [2.24, 2.45) is 4.99 Å². The topological polar surface area (TPSA) is 15.6 Å². The quantitative estimate of drug-likeness (QED) is 0.263. The monoisotopic (exact) mass is 378 g/mol. The van der Waals surface area contributed by atoms with Crippen LogP contribution in [0.1, 0.15) is 31.9 Å². The first-order valence-corrected chi connectivity index (χ1v) is 10.3. The van der Waals surface area contributed by atoms with Gasteiger partial charge in [-0.1, -0.05) is 72.8 Å². The Labute approximate surface area is 172 Å². The predicted octanol–water partition coefficient (Wildman–Crippen LogP) is 6.80. The summed E-state index contributed by atoms with van der Waals surface area (Å²) < 4.78 is 0. The van der Waals surface area contributed by atoms with E-state index < -0.39 is 0 Å².